The minimum Gasteiger partial charge on any atom is -0.490 e. The normalized spacial score (nSPS) is 11.6. The van der Waals surface area contributed by atoms with Gasteiger partial charge in [-0.15, -0.1) is 0 Å². The molecule has 0 fully saturated rings. The number of amides is 1. The van der Waals surface area contributed by atoms with E-state index in [1.807, 2.05) is 6.92 Å². The van der Waals surface area contributed by atoms with Crippen LogP contribution >= 0.6 is 12.2 Å². The van der Waals surface area contributed by atoms with E-state index in [2.05, 4.69) is 15.4 Å². The maximum atomic E-state index is 12.6. The minimum atomic E-state index is -3.64. The fourth-order valence-electron chi connectivity index (χ4n) is 2.65. The monoisotopic (exact) mass is 479 g/mol. The Morgan fingerprint density at radius 3 is 2.31 bits per heavy atom. The fourth-order valence-corrected chi connectivity index (χ4v) is 4.28. The van der Waals surface area contributed by atoms with Gasteiger partial charge in [-0.2, -0.15) is 0 Å². The molecule has 1 amide bonds. The molecule has 2 aromatic rings. The number of nitrogens with one attached hydrogen (secondary N) is 3. The molecule has 32 heavy (non-hydrogen) atoms. The molecule has 10 heteroatoms. The van der Waals surface area contributed by atoms with E-state index in [4.69, 9.17) is 21.7 Å². The number of hydrogen-bond donors (Lipinski definition) is 3. The summed E-state index contributed by atoms with van der Waals surface area (Å²) in [4.78, 5) is 12.8. The van der Waals surface area contributed by atoms with Gasteiger partial charge < -0.3 is 14.8 Å². The predicted octanol–water partition coefficient (Wildman–Crippen LogP) is 3.31. The molecule has 2 rings (SSSR count). The van der Waals surface area contributed by atoms with Crippen molar-refractivity contribution >= 4 is 38.9 Å². The van der Waals surface area contributed by atoms with Crippen molar-refractivity contribution in [3.63, 3.8) is 0 Å². The highest BCUT2D eigenvalue weighted by atomic mass is 32.2. The van der Waals surface area contributed by atoms with E-state index in [1.54, 1.807) is 57.2 Å². The smallest absolute Gasteiger partial charge is 0.261 e. The Morgan fingerprint density at radius 1 is 1.03 bits per heavy atom. The molecule has 2 aromatic carbocycles. The topological polar surface area (TPSA) is 106 Å². The van der Waals surface area contributed by atoms with Gasteiger partial charge >= 0.3 is 0 Å². The van der Waals surface area contributed by atoms with Crippen LogP contribution < -0.4 is 20.1 Å². The Hall–Kier alpha value is -2.53. The number of rotatable bonds is 9. The zero-order chi connectivity index (χ0) is 23.8. The number of carbonyl (C=O) groups is 1. The van der Waals surface area contributed by atoms with Crippen LogP contribution in [0.5, 0.6) is 5.75 Å². The van der Waals surface area contributed by atoms with Crippen LogP contribution in [0.3, 0.4) is 0 Å². The first-order valence-corrected chi connectivity index (χ1v) is 12.0. The van der Waals surface area contributed by atoms with Gasteiger partial charge in [-0.25, -0.2) is 13.1 Å². The van der Waals surface area contributed by atoms with E-state index >= 15 is 0 Å². The number of sulfonamides is 1. The van der Waals surface area contributed by atoms with Crippen LogP contribution in [0.1, 0.15) is 38.1 Å². The molecule has 0 spiro atoms. The molecule has 0 aliphatic carbocycles. The lowest BCUT2D eigenvalue weighted by Crippen LogP contribution is -2.40. The quantitative estimate of drug-likeness (QED) is 0.374. The molecule has 0 bridgehead atoms. The van der Waals surface area contributed by atoms with Crippen LogP contribution in [0.4, 0.5) is 5.69 Å². The minimum absolute atomic E-state index is 0.0718. The third-order valence-corrected chi connectivity index (χ3v) is 5.89. The summed E-state index contributed by atoms with van der Waals surface area (Å²) >= 11 is 5.22. The van der Waals surface area contributed by atoms with Gasteiger partial charge in [-0.05, 0) is 76.3 Å². The van der Waals surface area contributed by atoms with E-state index in [1.165, 1.54) is 12.1 Å². The zero-order valence-corrected chi connectivity index (χ0v) is 20.2. The van der Waals surface area contributed by atoms with Crippen molar-refractivity contribution in [2.75, 3.05) is 25.1 Å². The van der Waals surface area contributed by atoms with Crippen molar-refractivity contribution in [2.24, 2.45) is 0 Å². The molecule has 8 nitrogen and oxygen atoms in total. The molecular formula is C22H29N3O5S2. The molecule has 0 aromatic heterocycles. The van der Waals surface area contributed by atoms with Crippen LogP contribution in [0, 0.1) is 0 Å². The van der Waals surface area contributed by atoms with E-state index in [-0.39, 0.29) is 10.0 Å². The summed E-state index contributed by atoms with van der Waals surface area (Å²) < 4.78 is 38.2. The Bertz CT molecular complexity index is 1030. The highest BCUT2D eigenvalue weighted by molar-refractivity contribution is 7.89. The second-order valence-corrected chi connectivity index (χ2v) is 9.92. The third kappa shape index (κ3) is 8.19. The second kappa shape index (κ2) is 11.4. The van der Waals surface area contributed by atoms with E-state index in [0.717, 1.165) is 0 Å². The summed E-state index contributed by atoms with van der Waals surface area (Å²) in [6.45, 7) is 8.52. The summed E-state index contributed by atoms with van der Waals surface area (Å²) in [7, 11) is -3.64. The van der Waals surface area contributed by atoms with Crippen LogP contribution in [0.2, 0.25) is 0 Å². The summed E-state index contributed by atoms with van der Waals surface area (Å²) in [5.74, 6) is -0.00324. The van der Waals surface area contributed by atoms with Gasteiger partial charge in [0.05, 0.1) is 17.1 Å². The predicted molar refractivity (Wildman–Crippen MR) is 129 cm³/mol. The zero-order valence-electron chi connectivity index (χ0n) is 18.6. The van der Waals surface area contributed by atoms with E-state index in [9.17, 15) is 13.2 Å². The maximum Gasteiger partial charge on any atom is 0.261 e. The summed E-state index contributed by atoms with van der Waals surface area (Å²) in [5.41, 5.74) is 0.277. The molecule has 0 atom stereocenters. The molecule has 174 valence electrons. The number of ether oxygens (including phenoxy) is 2. The number of anilines is 1. The Labute approximate surface area is 194 Å². The lowest BCUT2D eigenvalue weighted by atomic mass is 10.1. The summed E-state index contributed by atoms with van der Waals surface area (Å²) in [6, 6.07) is 12.9. The highest BCUT2D eigenvalue weighted by Crippen LogP contribution is 2.19. The number of thiocarbonyl (C=S) groups is 1. The molecule has 0 heterocycles. The van der Waals surface area contributed by atoms with Crippen LogP contribution in [-0.4, -0.2) is 44.8 Å². The van der Waals surface area contributed by atoms with Crippen LogP contribution in [0.15, 0.2) is 53.4 Å². The number of para-hydroxylation sites is 1. The van der Waals surface area contributed by atoms with Gasteiger partial charge in [0.2, 0.25) is 10.0 Å². The van der Waals surface area contributed by atoms with E-state index in [0.29, 0.717) is 36.8 Å². The average molecular weight is 480 g/mol. The molecule has 0 aliphatic heterocycles. The Morgan fingerprint density at radius 2 is 1.69 bits per heavy atom. The summed E-state index contributed by atoms with van der Waals surface area (Å²) in [5, 5.41) is 5.55. The molecule has 0 unspecified atom stereocenters. The van der Waals surface area contributed by atoms with Gasteiger partial charge in [0, 0.05) is 17.8 Å². The van der Waals surface area contributed by atoms with Crippen LogP contribution in [0.25, 0.3) is 0 Å². The summed E-state index contributed by atoms with van der Waals surface area (Å²) in [6.07, 6.45) is 0. The first kappa shape index (κ1) is 25.7. The molecule has 0 aliphatic rings. The third-order valence-electron chi connectivity index (χ3n) is 3.91. The maximum absolute atomic E-state index is 12.6. The molecule has 0 saturated heterocycles. The largest absolute Gasteiger partial charge is 0.490 e. The Kier molecular flexibility index (Phi) is 9.14. The lowest BCUT2D eigenvalue weighted by Gasteiger charge is -2.20. The van der Waals surface area contributed by atoms with Crippen molar-refractivity contribution < 1.29 is 22.7 Å². The van der Waals surface area contributed by atoms with Gasteiger partial charge in [-0.1, -0.05) is 12.1 Å². The fraction of sp³-hybridized carbons (Fsp3) is 0.364. The van der Waals surface area contributed by atoms with Crippen LogP contribution in [-0.2, 0) is 14.8 Å². The SMILES string of the molecule is CCOCCOc1ccccc1C(=O)NC(=S)Nc1ccc(S(=O)(=O)NC(C)(C)C)cc1. The van der Waals surface area contributed by atoms with Gasteiger partial charge in [0.1, 0.15) is 12.4 Å². The lowest BCUT2D eigenvalue weighted by molar-refractivity contribution is 0.0958. The highest BCUT2D eigenvalue weighted by Gasteiger charge is 2.22. The first-order valence-electron chi connectivity index (χ1n) is 10.1. The number of hydrogen-bond acceptors (Lipinski definition) is 6. The first-order chi connectivity index (χ1) is 15.0. The van der Waals surface area contributed by atoms with Crippen molar-refractivity contribution in [1.29, 1.82) is 0 Å². The van der Waals surface area contributed by atoms with Crippen molar-refractivity contribution in [3.05, 3.63) is 54.1 Å². The average Bonchev–Trinajstić information content (AvgIpc) is 2.70. The van der Waals surface area contributed by atoms with Gasteiger partial charge in [0.25, 0.3) is 5.91 Å². The molecule has 0 saturated carbocycles. The van der Waals surface area contributed by atoms with Gasteiger partial charge in [-0.3, -0.25) is 10.1 Å². The number of carbonyl (C=O) groups excluding carboxylic acids is 1. The van der Waals surface area contributed by atoms with Crippen molar-refractivity contribution in [3.8, 4) is 5.75 Å². The van der Waals surface area contributed by atoms with Crippen molar-refractivity contribution in [1.82, 2.24) is 10.0 Å². The number of benzene rings is 2. The standard InChI is InChI=1S/C22H29N3O5S2/c1-5-29-14-15-30-19-9-7-6-8-18(19)20(26)24-21(31)23-16-10-12-17(13-11-16)32(27,28)25-22(2,3)4/h6-13,25H,5,14-15H2,1-4H3,(H2,23,24,26,31). The Balaban J connectivity index is 1.99. The molecular weight excluding hydrogens is 450 g/mol. The molecule has 0 radical (unpaired) electrons. The second-order valence-electron chi connectivity index (χ2n) is 7.83. The van der Waals surface area contributed by atoms with Crippen molar-refractivity contribution in [2.45, 2.75) is 38.1 Å². The molecule has 3 N–H and O–H groups in total. The van der Waals surface area contributed by atoms with Gasteiger partial charge in [0.15, 0.2) is 5.11 Å². The van der Waals surface area contributed by atoms with E-state index < -0.39 is 21.5 Å².